The van der Waals surface area contributed by atoms with Gasteiger partial charge in [0.15, 0.2) is 0 Å². The van der Waals surface area contributed by atoms with Crippen molar-refractivity contribution >= 4 is 26.0 Å². The van der Waals surface area contributed by atoms with Crippen LogP contribution in [0.4, 0.5) is 0 Å². The van der Waals surface area contributed by atoms with Gasteiger partial charge in [-0.05, 0) is 55.7 Å². The highest BCUT2D eigenvalue weighted by Gasteiger charge is 2.42. The summed E-state index contributed by atoms with van der Waals surface area (Å²) in [5.41, 5.74) is 2.78. The molecule has 5 heteroatoms. The SMILES string of the molecule is Cc1ccc(S(=O)(=O)n2cccc2C2(c3ccccc3Br)CCCC2)cc1. The standard InChI is InChI=1S/C22H22BrNO2S/c1-17-10-12-18(13-11-17)27(25,26)24-16-6-9-21(24)22(14-4-5-15-22)19-7-2-3-8-20(19)23/h2-3,6-13,16H,4-5,14-15H2,1H3. The molecule has 1 aromatic heterocycles. The van der Waals surface area contributed by atoms with Crippen LogP contribution in [0, 0.1) is 6.92 Å². The Morgan fingerprint density at radius 2 is 1.59 bits per heavy atom. The molecule has 1 aliphatic carbocycles. The minimum atomic E-state index is -3.64. The molecule has 0 radical (unpaired) electrons. The number of hydrogen-bond donors (Lipinski definition) is 0. The number of aromatic nitrogens is 1. The molecule has 1 aliphatic rings. The molecule has 2 aromatic carbocycles. The Kier molecular flexibility index (Phi) is 4.77. The topological polar surface area (TPSA) is 39.1 Å². The van der Waals surface area contributed by atoms with Crippen molar-refractivity contribution in [2.45, 2.75) is 42.9 Å². The summed E-state index contributed by atoms with van der Waals surface area (Å²) in [6.07, 6.45) is 5.77. The molecule has 3 aromatic rings. The zero-order chi connectivity index (χ0) is 19.1. The fourth-order valence-electron chi connectivity index (χ4n) is 4.26. The lowest BCUT2D eigenvalue weighted by Crippen LogP contribution is -2.30. The monoisotopic (exact) mass is 443 g/mol. The summed E-state index contributed by atoms with van der Waals surface area (Å²) in [7, 11) is -3.64. The second-order valence-electron chi connectivity index (χ2n) is 7.28. The van der Waals surface area contributed by atoms with Crippen molar-refractivity contribution in [3.63, 3.8) is 0 Å². The number of rotatable bonds is 4. The first kappa shape index (κ1) is 18.5. The summed E-state index contributed by atoms with van der Waals surface area (Å²) in [6.45, 7) is 1.96. The van der Waals surface area contributed by atoms with E-state index in [1.807, 2.05) is 49.4 Å². The molecule has 1 fully saturated rings. The molecule has 0 saturated heterocycles. The summed E-state index contributed by atoms with van der Waals surface area (Å²) >= 11 is 3.70. The third-order valence-electron chi connectivity index (χ3n) is 5.63. The summed E-state index contributed by atoms with van der Waals surface area (Å²) in [5, 5.41) is 0. The van der Waals surface area contributed by atoms with E-state index in [-0.39, 0.29) is 5.41 Å². The molecule has 3 nitrogen and oxygen atoms in total. The summed E-state index contributed by atoms with van der Waals surface area (Å²) in [5.74, 6) is 0. The number of halogens is 1. The van der Waals surface area contributed by atoms with Crippen LogP contribution in [0.5, 0.6) is 0 Å². The second-order valence-corrected chi connectivity index (χ2v) is 9.95. The molecule has 0 aliphatic heterocycles. The van der Waals surface area contributed by atoms with Gasteiger partial charge < -0.3 is 0 Å². The van der Waals surface area contributed by atoms with Crippen molar-refractivity contribution in [3.8, 4) is 0 Å². The first-order valence-electron chi connectivity index (χ1n) is 9.20. The fraction of sp³-hybridized carbons (Fsp3) is 0.273. The van der Waals surface area contributed by atoms with E-state index in [1.165, 1.54) is 9.54 Å². The molecular weight excluding hydrogens is 422 g/mol. The van der Waals surface area contributed by atoms with E-state index < -0.39 is 10.0 Å². The van der Waals surface area contributed by atoms with Gasteiger partial charge in [-0.25, -0.2) is 12.4 Å². The van der Waals surface area contributed by atoms with Crippen LogP contribution in [0.1, 0.15) is 42.5 Å². The molecule has 0 bridgehead atoms. The lowest BCUT2D eigenvalue weighted by Gasteiger charge is -2.32. The van der Waals surface area contributed by atoms with E-state index in [2.05, 4.69) is 22.0 Å². The van der Waals surface area contributed by atoms with E-state index in [9.17, 15) is 8.42 Å². The first-order chi connectivity index (χ1) is 12.9. The molecule has 1 saturated carbocycles. The smallest absolute Gasteiger partial charge is 0.245 e. The minimum absolute atomic E-state index is 0.290. The quantitative estimate of drug-likeness (QED) is 0.521. The predicted molar refractivity (Wildman–Crippen MR) is 112 cm³/mol. The second kappa shape index (κ2) is 6.95. The van der Waals surface area contributed by atoms with Gasteiger partial charge in [0.2, 0.25) is 0 Å². The Bertz CT molecular complexity index is 1060. The Hall–Kier alpha value is -1.85. The Labute approximate surface area is 169 Å². The Balaban J connectivity index is 1.90. The first-order valence-corrected chi connectivity index (χ1v) is 11.4. The van der Waals surface area contributed by atoms with Crippen molar-refractivity contribution in [2.75, 3.05) is 0 Å². The number of hydrogen-bond acceptors (Lipinski definition) is 2. The van der Waals surface area contributed by atoms with Gasteiger partial charge in [-0.1, -0.05) is 64.7 Å². The molecule has 0 spiro atoms. The third kappa shape index (κ3) is 3.07. The van der Waals surface area contributed by atoms with Gasteiger partial charge in [-0.15, -0.1) is 0 Å². The van der Waals surface area contributed by atoms with E-state index >= 15 is 0 Å². The normalized spacial score (nSPS) is 16.5. The molecule has 1 heterocycles. The van der Waals surface area contributed by atoms with Crippen LogP contribution in [-0.4, -0.2) is 12.4 Å². The molecule has 0 amide bonds. The maximum Gasteiger partial charge on any atom is 0.267 e. The predicted octanol–water partition coefficient (Wildman–Crippen LogP) is 5.66. The van der Waals surface area contributed by atoms with Gasteiger partial charge in [0.05, 0.1) is 4.90 Å². The van der Waals surface area contributed by atoms with Crippen molar-refractivity contribution < 1.29 is 8.42 Å². The Morgan fingerprint density at radius 1 is 0.926 bits per heavy atom. The average molecular weight is 444 g/mol. The summed E-state index contributed by atoms with van der Waals surface area (Å²) in [6, 6.07) is 19.1. The van der Waals surface area contributed by atoms with Crippen LogP contribution in [0.15, 0.2) is 76.2 Å². The van der Waals surface area contributed by atoms with Crippen molar-refractivity contribution in [1.29, 1.82) is 0 Å². The molecular formula is C22H22BrNO2S. The molecule has 4 rings (SSSR count). The van der Waals surface area contributed by atoms with Crippen LogP contribution in [-0.2, 0) is 15.4 Å². The average Bonchev–Trinajstić information content (AvgIpc) is 3.33. The number of nitrogens with zero attached hydrogens (tertiary/aromatic N) is 1. The van der Waals surface area contributed by atoms with Crippen molar-refractivity contribution in [3.05, 3.63) is 88.2 Å². The molecule has 27 heavy (non-hydrogen) atoms. The molecule has 0 atom stereocenters. The van der Waals surface area contributed by atoms with Crippen LogP contribution in [0.25, 0.3) is 0 Å². The summed E-state index contributed by atoms with van der Waals surface area (Å²) in [4.78, 5) is 0.325. The van der Waals surface area contributed by atoms with Gasteiger partial charge >= 0.3 is 0 Å². The summed E-state index contributed by atoms with van der Waals surface area (Å²) < 4.78 is 29.3. The van der Waals surface area contributed by atoms with Gasteiger partial charge in [0.1, 0.15) is 0 Å². The highest BCUT2D eigenvalue weighted by molar-refractivity contribution is 9.10. The van der Waals surface area contributed by atoms with Gasteiger partial charge in [-0.2, -0.15) is 0 Å². The molecule has 0 unspecified atom stereocenters. The maximum absolute atomic E-state index is 13.4. The lowest BCUT2D eigenvalue weighted by molar-refractivity contribution is 0.505. The van der Waals surface area contributed by atoms with E-state index in [0.717, 1.165) is 41.4 Å². The van der Waals surface area contributed by atoms with Gasteiger partial charge in [0, 0.05) is 21.8 Å². The van der Waals surface area contributed by atoms with Crippen molar-refractivity contribution in [2.24, 2.45) is 0 Å². The van der Waals surface area contributed by atoms with E-state index in [0.29, 0.717) is 4.90 Å². The lowest BCUT2D eigenvalue weighted by atomic mass is 9.76. The Morgan fingerprint density at radius 3 is 2.26 bits per heavy atom. The molecule has 0 N–H and O–H groups in total. The largest absolute Gasteiger partial charge is 0.267 e. The van der Waals surface area contributed by atoms with Crippen LogP contribution in [0.3, 0.4) is 0 Å². The zero-order valence-corrected chi connectivity index (χ0v) is 17.6. The van der Waals surface area contributed by atoms with Crippen molar-refractivity contribution in [1.82, 2.24) is 3.97 Å². The van der Waals surface area contributed by atoms with Crippen LogP contribution >= 0.6 is 15.9 Å². The van der Waals surface area contributed by atoms with Gasteiger partial charge in [0.25, 0.3) is 10.0 Å². The van der Waals surface area contributed by atoms with Crippen LogP contribution < -0.4 is 0 Å². The van der Waals surface area contributed by atoms with E-state index in [1.54, 1.807) is 18.3 Å². The molecule has 140 valence electrons. The number of benzene rings is 2. The third-order valence-corrected chi connectivity index (χ3v) is 8.02. The highest BCUT2D eigenvalue weighted by atomic mass is 79.9. The maximum atomic E-state index is 13.4. The highest BCUT2D eigenvalue weighted by Crippen LogP contribution is 2.49. The minimum Gasteiger partial charge on any atom is -0.245 e. The van der Waals surface area contributed by atoms with Crippen LogP contribution in [0.2, 0.25) is 0 Å². The van der Waals surface area contributed by atoms with E-state index in [4.69, 9.17) is 0 Å². The number of aryl methyl sites for hydroxylation is 1. The van der Waals surface area contributed by atoms with Gasteiger partial charge in [-0.3, -0.25) is 0 Å². The zero-order valence-electron chi connectivity index (χ0n) is 15.2. The fourth-order valence-corrected chi connectivity index (χ4v) is 6.36.